The third-order valence-electron chi connectivity index (χ3n) is 8.31. The molecule has 0 bridgehead atoms. The van der Waals surface area contributed by atoms with Gasteiger partial charge in [0.1, 0.15) is 5.56 Å². The van der Waals surface area contributed by atoms with Gasteiger partial charge >= 0.3 is 0 Å². The van der Waals surface area contributed by atoms with Crippen molar-refractivity contribution in [1.29, 1.82) is 0 Å². The lowest BCUT2D eigenvalue weighted by atomic mass is 9.78. The molecule has 8 heteroatoms. The van der Waals surface area contributed by atoms with E-state index < -0.39 is 15.6 Å². The van der Waals surface area contributed by atoms with E-state index in [2.05, 4.69) is 0 Å². The summed E-state index contributed by atoms with van der Waals surface area (Å²) < 4.78 is 0. The Kier molecular flexibility index (Phi) is 4.68. The highest BCUT2D eigenvalue weighted by Crippen LogP contribution is 2.49. The van der Waals surface area contributed by atoms with Crippen LogP contribution in [-0.4, -0.2) is 21.4 Å². The van der Waals surface area contributed by atoms with Gasteiger partial charge in [-0.05, 0) is 51.9 Å². The summed E-state index contributed by atoms with van der Waals surface area (Å²) in [5, 5.41) is 26.8. The molecule has 0 unspecified atom stereocenters. The van der Waals surface area contributed by atoms with Crippen molar-refractivity contribution < 1.29 is 19.4 Å². The molecule has 0 saturated carbocycles. The van der Waals surface area contributed by atoms with Crippen LogP contribution in [0.15, 0.2) is 97.1 Å². The van der Waals surface area contributed by atoms with Gasteiger partial charge in [0, 0.05) is 39.1 Å². The minimum absolute atomic E-state index is 0.000152. The summed E-state index contributed by atoms with van der Waals surface area (Å²) in [6, 6.07) is 27.2. The third kappa shape index (κ3) is 3.00. The van der Waals surface area contributed by atoms with Gasteiger partial charge in [-0.15, -0.1) is 0 Å². The molecule has 6 aromatic rings. The topological polar surface area (TPSA) is 120 Å². The summed E-state index contributed by atoms with van der Waals surface area (Å²) in [6.45, 7) is 0. The fourth-order valence-electron chi connectivity index (χ4n) is 6.62. The fraction of sp³-hybridized carbons (Fsp3) is 0. The summed E-state index contributed by atoms with van der Waals surface area (Å²) in [4.78, 5) is 50.5. The first kappa shape index (κ1) is 23.8. The molecule has 0 aromatic heterocycles. The first-order chi connectivity index (χ1) is 20.3. The number of fused-ring (bicyclic) bond motifs is 4. The molecule has 0 heterocycles. The highest BCUT2D eigenvalue weighted by atomic mass is 16.6. The Hall–Kier alpha value is -6.02. The molecule has 0 aliphatic heterocycles. The minimum Gasteiger partial charge on any atom is -0.289 e. The Bertz CT molecular complexity index is 2300. The highest BCUT2D eigenvalue weighted by Gasteiger charge is 2.34. The molecule has 0 amide bonds. The molecular weight excluding hydrogens is 532 g/mol. The van der Waals surface area contributed by atoms with Gasteiger partial charge in [0.05, 0.1) is 20.8 Å². The highest BCUT2D eigenvalue weighted by molar-refractivity contribution is 6.29. The van der Waals surface area contributed by atoms with E-state index in [0.29, 0.717) is 71.6 Å². The summed E-state index contributed by atoms with van der Waals surface area (Å²) in [5.41, 5.74) is 4.11. The van der Waals surface area contributed by atoms with Crippen LogP contribution < -0.4 is 0 Å². The van der Waals surface area contributed by atoms with Crippen LogP contribution in [0.1, 0.15) is 31.8 Å². The molecule has 0 N–H and O–H groups in total. The van der Waals surface area contributed by atoms with Gasteiger partial charge in [-0.1, -0.05) is 66.7 Å². The molecule has 0 radical (unpaired) electrons. The summed E-state index contributed by atoms with van der Waals surface area (Å²) in [7, 11) is 0. The smallest absolute Gasteiger partial charge is 0.285 e. The lowest BCUT2D eigenvalue weighted by molar-refractivity contribution is -0.385. The Morgan fingerprint density at radius 3 is 1.90 bits per heavy atom. The lowest BCUT2D eigenvalue weighted by Gasteiger charge is -2.23. The average Bonchev–Trinajstić information content (AvgIpc) is 3.00. The number of nitro groups is 2. The Balaban J connectivity index is 1.51. The number of nitro benzene ring substituents is 2. The van der Waals surface area contributed by atoms with Crippen molar-refractivity contribution in [2.24, 2.45) is 0 Å². The number of carbonyl (C=O) groups is 2. The van der Waals surface area contributed by atoms with Gasteiger partial charge in [0.25, 0.3) is 11.4 Å². The Morgan fingerprint density at radius 2 is 1.14 bits per heavy atom. The molecule has 0 fully saturated rings. The van der Waals surface area contributed by atoms with E-state index in [1.807, 2.05) is 24.3 Å². The van der Waals surface area contributed by atoms with Crippen molar-refractivity contribution in [3.8, 4) is 33.4 Å². The zero-order valence-corrected chi connectivity index (χ0v) is 21.6. The quantitative estimate of drug-likeness (QED) is 0.163. The maximum Gasteiger partial charge on any atom is 0.285 e. The third-order valence-corrected chi connectivity index (χ3v) is 8.31. The molecule has 198 valence electrons. The number of hydrogen-bond donors (Lipinski definition) is 0. The van der Waals surface area contributed by atoms with Gasteiger partial charge in [-0.3, -0.25) is 29.8 Å². The standard InChI is InChI=1S/C34H16N2O6/c37-33-21-8-2-1-7-19(21)27-16-25(32(36(41)42)22-10-4-12-24(33)30(22)27)18-14-17-6-3-11-23-29(17)26(15-18)20-9-5-13-28(35(39)40)31(20)34(23)38/h1-16H. The normalized spacial score (nSPS) is 12.8. The number of nitrogens with zero attached hydrogens (tertiary/aromatic N) is 2. The Morgan fingerprint density at radius 1 is 0.500 bits per heavy atom. The lowest BCUT2D eigenvalue weighted by Crippen LogP contribution is -2.13. The van der Waals surface area contributed by atoms with Crippen LogP contribution >= 0.6 is 0 Å². The first-order valence-corrected chi connectivity index (χ1v) is 13.1. The first-order valence-electron chi connectivity index (χ1n) is 13.1. The molecule has 2 aliphatic carbocycles. The van der Waals surface area contributed by atoms with E-state index in [-0.39, 0.29) is 22.7 Å². The van der Waals surface area contributed by atoms with Crippen LogP contribution in [0.25, 0.3) is 54.9 Å². The summed E-state index contributed by atoms with van der Waals surface area (Å²) in [6.07, 6.45) is 0. The molecule has 8 nitrogen and oxygen atoms in total. The number of rotatable bonds is 3. The van der Waals surface area contributed by atoms with Crippen molar-refractivity contribution in [3.05, 3.63) is 140 Å². The fourth-order valence-corrected chi connectivity index (χ4v) is 6.62. The minimum atomic E-state index is -0.568. The summed E-state index contributed by atoms with van der Waals surface area (Å²) in [5.74, 6) is -0.616. The SMILES string of the molecule is O=C1c2c(cccc2[N+](=O)[O-])-c2cc(-c3cc4c5c(cccc5c3[N+](=O)[O-])C(=O)c3ccccc3-4)cc3cccc1c23. The molecular formula is C34H16N2O6. The predicted molar refractivity (Wildman–Crippen MR) is 158 cm³/mol. The van der Waals surface area contributed by atoms with Gasteiger partial charge in [0.15, 0.2) is 5.78 Å². The van der Waals surface area contributed by atoms with Crippen LogP contribution in [0.3, 0.4) is 0 Å². The van der Waals surface area contributed by atoms with Crippen LogP contribution in [0, 0.1) is 20.2 Å². The second kappa shape index (κ2) is 8.25. The van der Waals surface area contributed by atoms with Crippen LogP contribution in [-0.2, 0) is 0 Å². The van der Waals surface area contributed by atoms with E-state index >= 15 is 0 Å². The molecule has 6 aromatic carbocycles. The van der Waals surface area contributed by atoms with Crippen molar-refractivity contribution in [3.63, 3.8) is 0 Å². The second-order valence-corrected chi connectivity index (χ2v) is 10.4. The van der Waals surface area contributed by atoms with E-state index in [9.17, 15) is 29.8 Å². The largest absolute Gasteiger partial charge is 0.289 e. The molecule has 42 heavy (non-hydrogen) atoms. The molecule has 2 aliphatic rings. The zero-order chi connectivity index (χ0) is 28.9. The molecule has 0 spiro atoms. The van der Waals surface area contributed by atoms with Crippen LogP contribution in [0.4, 0.5) is 11.4 Å². The molecule has 0 atom stereocenters. The zero-order valence-electron chi connectivity index (χ0n) is 21.6. The summed E-state index contributed by atoms with van der Waals surface area (Å²) >= 11 is 0. The van der Waals surface area contributed by atoms with Crippen molar-refractivity contribution in [2.75, 3.05) is 0 Å². The van der Waals surface area contributed by atoms with E-state index in [0.717, 1.165) is 0 Å². The maximum atomic E-state index is 13.5. The van der Waals surface area contributed by atoms with Gasteiger partial charge in [-0.2, -0.15) is 0 Å². The van der Waals surface area contributed by atoms with Gasteiger partial charge in [0.2, 0.25) is 5.78 Å². The van der Waals surface area contributed by atoms with Crippen LogP contribution in [0.5, 0.6) is 0 Å². The van der Waals surface area contributed by atoms with Crippen LogP contribution in [0.2, 0.25) is 0 Å². The average molecular weight is 549 g/mol. The van der Waals surface area contributed by atoms with Crippen molar-refractivity contribution in [2.45, 2.75) is 0 Å². The number of ketones is 2. The van der Waals surface area contributed by atoms with Crippen molar-refractivity contribution >= 4 is 44.5 Å². The molecule has 0 saturated heterocycles. The monoisotopic (exact) mass is 548 g/mol. The van der Waals surface area contributed by atoms with E-state index in [4.69, 9.17) is 0 Å². The predicted octanol–water partition coefficient (Wildman–Crippen LogP) is 7.90. The van der Waals surface area contributed by atoms with Gasteiger partial charge < -0.3 is 0 Å². The Labute approximate surface area is 236 Å². The van der Waals surface area contributed by atoms with E-state index in [1.54, 1.807) is 60.7 Å². The molecule has 8 rings (SSSR count). The van der Waals surface area contributed by atoms with Gasteiger partial charge in [-0.25, -0.2) is 0 Å². The maximum absolute atomic E-state index is 13.5. The number of carbonyl (C=O) groups excluding carboxylic acids is 2. The number of hydrogen-bond acceptors (Lipinski definition) is 6. The van der Waals surface area contributed by atoms with E-state index in [1.165, 1.54) is 12.1 Å². The second-order valence-electron chi connectivity index (χ2n) is 10.4. The number of benzene rings is 6. The van der Waals surface area contributed by atoms with Crippen molar-refractivity contribution in [1.82, 2.24) is 0 Å².